The number of phenols is 1. The van der Waals surface area contributed by atoms with E-state index >= 15 is 0 Å². The van der Waals surface area contributed by atoms with Crippen molar-refractivity contribution < 1.29 is 21.9 Å². The lowest BCUT2D eigenvalue weighted by Crippen LogP contribution is -2.43. The summed E-state index contributed by atoms with van der Waals surface area (Å²) < 4.78 is 50.5. The van der Waals surface area contributed by atoms with E-state index in [0.29, 0.717) is 29.1 Å². The van der Waals surface area contributed by atoms with E-state index in [2.05, 4.69) is 5.32 Å². The summed E-state index contributed by atoms with van der Waals surface area (Å²) in [4.78, 5) is 0. The van der Waals surface area contributed by atoms with E-state index in [4.69, 9.17) is 5.14 Å². The molecule has 1 aliphatic rings. The zero-order valence-corrected chi connectivity index (χ0v) is 17.6. The molecule has 0 fully saturated rings. The molecule has 0 spiro atoms. The molecule has 0 aliphatic carbocycles. The van der Waals surface area contributed by atoms with E-state index in [-0.39, 0.29) is 39.2 Å². The Hall–Kier alpha value is -1.37. The van der Waals surface area contributed by atoms with Gasteiger partial charge in [0.1, 0.15) is 14.2 Å². The molecule has 0 saturated heterocycles. The monoisotopic (exact) mass is 453 g/mol. The van der Waals surface area contributed by atoms with Gasteiger partial charge in [-0.25, -0.2) is 22.0 Å². The lowest BCUT2D eigenvalue weighted by Gasteiger charge is -2.34. The Morgan fingerprint density at radius 3 is 2.52 bits per heavy atom. The molecule has 1 aromatic heterocycles. The standard InChI is InChI=1S/C15H19N3O5S3.ClH/c1-2-7-17-13-9-18(10-3-5-11(19)6-4-10)26(22,23)15-12(13)8-14(24-15)25(16,20)21;/h3-6,8,13,17,19H,2,7,9H2,1H3,(H2,16,20,21);1H/t13-;/m0./s1. The van der Waals surface area contributed by atoms with Crippen LogP contribution in [0.4, 0.5) is 5.69 Å². The molecule has 1 aromatic carbocycles. The second kappa shape index (κ2) is 7.94. The highest BCUT2D eigenvalue weighted by atomic mass is 35.5. The Balaban J connectivity index is 0.00000261. The van der Waals surface area contributed by atoms with Crippen LogP contribution in [0.15, 0.2) is 38.8 Å². The number of nitrogens with one attached hydrogen (secondary N) is 1. The van der Waals surface area contributed by atoms with Gasteiger partial charge in [-0.05, 0) is 43.3 Å². The van der Waals surface area contributed by atoms with Crippen LogP contribution in [0.5, 0.6) is 5.75 Å². The maximum absolute atomic E-state index is 13.1. The molecule has 3 rings (SSSR count). The molecule has 1 atom stereocenters. The van der Waals surface area contributed by atoms with Crippen LogP contribution in [-0.4, -0.2) is 35.0 Å². The molecule has 0 saturated carbocycles. The van der Waals surface area contributed by atoms with E-state index in [0.717, 1.165) is 6.42 Å². The normalized spacial score (nSPS) is 18.6. The van der Waals surface area contributed by atoms with Crippen LogP contribution in [0.1, 0.15) is 24.9 Å². The Kier molecular flexibility index (Phi) is 6.44. The number of benzene rings is 1. The first-order valence-electron chi connectivity index (χ1n) is 7.86. The van der Waals surface area contributed by atoms with Crippen molar-refractivity contribution in [2.24, 2.45) is 5.14 Å². The quantitative estimate of drug-likeness (QED) is 0.632. The summed E-state index contributed by atoms with van der Waals surface area (Å²) in [6.07, 6.45) is 0.837. The summed E-state index contributed by atoms with van der Waals surface area (Å²) in [6, 6.07) is 6.78. The lowest BCUT2D eigenvalue weighted by molar-refractivity contribution is 0.475. The minimum absolute atomic E-state index is 0. The van der Waals surface area contributed by atoms with Gasteiger partial charge in [0.15, 0.2) is 0 Å². The lowest BCUT2D eigenvalue weighted by atomic mass is 10.1. The predicted molar refractivity (Wildman–Crippen MR) is 107 cm³/mol. The van der Waals surface area contributed by atoms with Gasteiger partial charge < -0.3 is 10.4 Å². The molecule has 8 nitrogen and oxygen atoms in total. The first kappa shape index (κ1) is 21.9. The molecule has 12 heteroatoms. The third-order valence-electron chi connectivity index (χ3n) is 4.01. The van der Waals surface area contributed by atoms with E-state index in [9.17, 15) is 21.9 Å². The SMILES string of the molecule is CCCN[C@H]1CN(c2ccc(O)cc2)S(=O)(=O)c2sc(S(N)(=O)=O)cc21.Cl. The molecule has 27 heavy (non-hydrogen) atoms. The van der Waals surface area contributed by atoms with Crippen molar-refractivity contribution in [2.75, 3.05) is 17.4 Å². The second-order valence-corrected chi connectivity index (χ2v) is 10.8. The number of nitrogens with zero attached hydrogens (tertiary/aromatic N) is 1. The molecule has 0 amide bonds. The Morgan fingerprint density at radius 1 is 1.33 bits per heavy atom. The zero-order chi connectivity index (χ0) is 19.1. The summed E-state index contributed by atoms with van der Waals surface area (Å²) in [7, 11) is -7.94. The van der Waals surface area contributed by atoms with Crippen LogP contribution in [-0.2, 0) is 20.0 Å². The van der Waals surface area contributed by atoms with Crippen molar-refractivity contribution in [3.05, 3.63) is 35.9 Å². The first-order chi connectivity index (χ1) is 12.1. The van der Waals surface area contributed by atoms with E-state index in [1.807, 2.05) is 6.92 Å². The summed E-state index contributed by atoms with van der Waals surface area (Å²) >= 11 is 0.656. The van der Waals surface area contributed by atoms with Crippen molar-refractivity contribution >= 4 is 49.5 Å². The van der Waals surface area contributed by atoms with Crippen LogP contribution < -0.4 is 14.8 Å². The van der Waals surface area contributed by atoms with Gasteiger partial charge in [-0.2, -0.15) is 0 Å². The highest BCUT2D eigenvalue weighted by molar-refractivity contribution is 7.96. The summed E-state index contributed by atoms with van der Waals surface area (Å²) in [6.45, 7) is 2.74. The molecular weight excluding hydrogens is 434 g/mol. The molecule has 4 N–H and O–H groups in total. The molecular formula is C15H20ClN3O5S3. The molecule has 0 bridgehead atoms. The Morgan fingerprint density at radius 2 is 1.96 bits per heavy atom. The van der Waals surface area contributed by atoms with Crippen molar-refractivity contribution in [1.82, 2.24) is 5.32 Å². The van der Waals surface area contributed by atoms with E-state index in [1.54, 1.807) is 0 Å². The Bertz CT molecular complexity index is 1020. The van der Waals surface area contributed by atoms with Crippen molar-refractivity contribution in [3.63, 3.8) is 0 Å². The number of anilines is 1. The number of nitrogens with two attached hydrogens (primary N) is 1. The summed E-state index contributed by atoms with van der Waals surface area (Å²) in [5, 5.41) is 17.9. The number of rotatable bonds is 5. The fourth-order valence-electron chi connectivity index (χ4n) is 2.77. The van der Waals surface area contributed by atoms with Gasteiger partial charge in [-0.1, -0.05) is 6.92 Å². The van der Waals surface area contributed by atoms with Gasteiger partial charge in [0.2, 0.25) is 10.0 Å². The van der Waals surface area contributed by atoms with Gasteiger partial charge >= 0.3 is 0 Å². The number of primary sulfonamides is 1. The molecule has 0 radical (unpaired) electrons. The zero-order valence-electron chi connectivity index (χ0n) is 14.3. The maximum Gasteiger partial charge on any atom is 0.274 e. The molecule has 2 heterocycles. The molecule has 2 aromatic rings. The van der Waals surface area contributed by atoms with Crippen LogP contribution >= 0.6 is 23.7 Å². The fourth-order valence-corrected chi connectivity index (χ4v) is 7.02. The third kappa shape index (κ3) is 4.23. The fraction of sp³-hybridized carbons (Fsp3) is 0.333. The van der Waals surface area contributed by atoms with Crippen LogP contribution in [0, 0.1) is 0 Å². The predicted octanol–water partition coefficient (Wildman–Crippen LogP) is 1.77. The minimum atomic E-state index is -4.00. The van der Waals surface area contributed by atoms with E-state index < -0.39 is 20.0 Å². The van der Waals surface area contributed by atoms with Gasteiger partial charge in [-0.15, -0.1) is 23.7 Å². The van der Waals surface area contributed by atoms with Crippen molar-refractivity contribution in [1.29, 1.82) is 0 Å². The Labute approximate surface area is 168 Å². The largest absolute Gasteiger partial charge is 0.508 e. The summed E-state index contributed by atoms with van der Waals surface area (Å²) in [5.74, 6) is 0.0251. The number of hydrogen-bond acceptors (Lipinski definition) is 7. The number of fused-ring (bicyclic) bond motifs is 1. The highest BCUT2D eigenvalue weighted by Crippen LogP contribution is 2.41. The van der Waals surface area contributed by atoms with Gasteiger partial charge in [0, 0.05) is 5.56 Å². The smallest absolute Gasteiger partial charge is 0.274 e. The van der Waals surface area contributed by atoms with Gasteiger partial charge in [-0.3, -0.25) is 4.31 Å². The maximum atomic E-state index is 13.1. The minimum Gasteiger partial charge on any atom is -0.508 e. The number of phenolic OH excluding ortho intramolecular Hbond substituents is 1. The topological polar surface area (TPSA) is 130 Å². The molecule has 0 unspecified atom stereocenters. The van der Waals surface area contributed by atoms with E-state index in [1.165, 1.54) is 34.6 Å². The number of thiophene rings is 1. The molecule has 150 valence electrons. The van der Waals surface area contributed by atoms with Crippen LogP contribution in [0.3, 0.4) is 0 Å². The van der Waals surface area contributed by atoms with Crippen LogP contribution in [0.25, 0.3) is 0 Å². The third-order valence-corrected chi connectivity index (χ3v) is 8.90. The highest BCUT2D eigenvalue weighted by Gasteiger charge is 2.40. The van der Waals surface area contributed by atoms with Gasteiger partial charge in [0.25, 0.3) is 10.0 Å². The van der Waals surface area contributed by atoms with Crippen LogP contribution in [0.2, 0.25) is 0 Å². The first-order valence-corrected chi connectivity index (χ1v) is 11.7. The average Bonchev–Trinajstić information content (AvgIpc) is 3.02. The van der Waals surface area contributed by atoms with Gasteiger partial charge in [0.05, 0.1) is 18.3 Å². The average molecular weight is 454 g/mol. The second-order valence-electron chi connectivity index (χ2n) is 5.91. The van der Waals surface area contributed by atoms with Crippen molar-refractivity contribution in [3.8, 4) is 5.75 Å². The number of halogens is 1. The summed E-state index contributed by atoms with van der Waals surface area (Å²) in [5.41, 5.74) is 0.810. The van der Waals surface area contributed by atoms with Crippen molar-refractivity contribution in [2.45, 2.75) is 27.8 Å². The number of aromatic hydroxyl groups is 1. The number of sulfonamides is 2. The number of hydrogen-bond donors (Lipinski definition) is 3. The molecule has 1 aliphatic heterocycles.